The number of hydrogen-bond donors (Lipinski definition) is 3. The van der Waals surface area contributed by atoms with Crippen molar-refractivity contribution in [2.75, 3.05) is 6.54 Å². The van der Waals surface area contributed by atoms with E-state index < -0.39 is 17.1 Å². The van der Waals surface area contributed by atoms with Crippen LogP contribution in [0.1, 0.15) is 55.7 Å². The average Bonchev–Trinajstić information content (AvgIpc) is 3.17. The van der Waals surface area contributed by atoms with Crippen LogP contribution in [0, 0.1) is 0 Å². The van der Waals surface area contributed by atoms with Gasteiger partial charge in [0.1, 0.15) is 5.54 Å². The van der Waals surface area contributed by atoms with E-state index in [1.54, 1.807) is 0 Å². The van der Waals surface area contributed by atoms with Gasteiger partial charge in [-0.25, -0.2) is 9.59 Å². The minimum Gasteiger partial charge on any atom is -0.328 e. The van der Waals surface area contributed by atoms with E-state index in [9.17, 15) is 19.2 Å². The van der Waals surface area contributed by atoms with Crippen LogP contribution in [0.5, 0.6) is 0 Å². The monoisotopic (exact) mass is 384 g/mol. The standard InChI is InChI=1S/C20H24N4O4/c1-2-20(16(26)21-17(27)22-20)14-5-6-15-13(11-14)7-9-19(15)8-3-4-10-24(12-25)18(28)23-19/h5-6,11-12H,2-4,7-10H2,1H3,(H,23,28)(H2,21,22,26,27). The highest BCUT2D eigenvalue weighted by Gasteiger charge is 2.48. The predicted molar refractivity (Wildman–Crippen MR) is 100 cm³/mol. The van der Waals surface area contributed by atoms with Crippen molar-refractivity contribution in [2.45, 2.75) is 56.5 Å². The number of fused-ring (bicyclic) bond motifs is 2. The minimum absolute atomic E-state index is 0.339. The van der Waals surface area contributed by atoms with Crippen molar-refractivity contribution < 1.29 is 19.2 Å². The molecule has 0 bridgehead atoms. The Balaban J connectivity index is 1.70. The zero-order valence-electron chi connectivity index (χ0n) is 15.8. The van der Waals surface area contributed by atoms with Crippen molar-refractivity contribution in [1.82, 2.24) is 20.9 Å². The molecule has 148 valence electrons. The number of nitrogens with one attached hydrogen (secondary N) is 3. The summed E-state index contributed by atoms with van der Waals surface area (Å²) in [5.41, 5.74) is 1.31. The molecule has 0 saturated carbocycles. The van der Waals surface area contributed by atoms with Gasteiger partial charge in [-0.3, -0.25) is 19.8 Å². The molecule has 2 unspecified atom stereocenters. The zero-order chi connectivity index (χ0) is 19.9. The van der Waals surface area contributed by atoms with Crippen LogP contribution in [-0.4, -0.2) is 35.8 Å². The average molecular weight is 384 g/mol. The molecule has 28 heavy (non-hydrogen) atoms. The van der Waals surface area contributed by atoms with Crippen LogP contribution in [0.3, 0.4) is 0 Å². The largest absolute Gasteiger partial charge is 0.328 e. The molecule has 2 aliphatic heterocycles. The molecule has 0 radical (unpaired) electrons. The van der Waals surface area contributed by atoms with Gasteiger partial charge >= 0.3 is 12.1 Å². The highest BCUT2D eigenvalue weighted by atomic mass is 16.2. The maximum Gasteiger partial charge on any atom is 0.324 e. The summed E-state index contributed by atoms with van der Waals surface area (Å²) in [6.07, 6.45) is 5.05. The molecular formula is C20H24N4O4. The highest BCUT2D eigenvalue weighted by Crippen LogP contribution is 2.43. The van der Waals surface area contributed by atoms with Gasteiger partial charge in [-0.05, 0) is 55.2 Å². The molecule has 2 atom stereocenters. The Hall–Kier alpha value is -2.90. The van der Waals surface area contributed by atoms with E-state index in [1.807, 2.05) is 25.1 Å². The number of carbonyl (C=O) groups excluding carboxylic acids is 4. The Morgan fingerprint density at radius 2 is 1.96 bits per heavy atom. The van der Waals surface area contributed by atoms with E-state index in [1.165, 1.54) is 4.90 Å². The molecule has 2 saturated heterocycles. The first kappa shape index (κ1) is 18.5. The van der Waals surface area contributed by atoms with Gasteiger partial charge in [0.15, 0.2) is 0 Å². The van der Waals surface area contributed by atoms with Crippen LogP contribution in [0.2, 0.25) is 0 Å². The molecular weight excluding hydrogens is 360 g/mol. The summed E-state index contributed by atoms with van der Waals surface area (Å²) >= 11 is 0. The molecule has 3 N–H and O–H groups in total. The Labute approximate surface area is 163 Å². The van der Waals surface area contributed by atoms with Crippen molar-refractivity contribution in [2.24, 2.45) is 0 Å². The van der Waals surface area contributed by atoms with Gasteiger partial charge in [-0.2, -0.15) is 0 Å². The summed E-state index contributed by atoms with van der Waals surface area (Å²) in [6.45, 7) is 2.30. The van der Waals surface area contributed by atoms with Crippen LogP contribution >= 0.6 is 0 Å². The lowest BCUT2D eigenvalue weighted by atomic mass is 9.82. The summed E-state index contributed by atoms with van der Waals surface area (Å²) in [4.78, 5) is 49.1. The number of nitrogens with zero attached hydrogens (tertiary/aromatic N) is 1. The molecule has 3 aliphatic rings. The van der Waals surface area contributed by atoms with Crippen molar-refractivity contribution in [3.05, 3.63) is 34.9 Å². The van der Waals surface area contributed by atoms with Crippen LogP contribution in [-0.2, 0) is 27.1 Å². The Bertz CT molecular complexity index is 870. The summed E-state index contributed by atoms with van der Waals surface area (Å²) in [5.74, 6) is -0.339. The highest BCUT2D eigenvalue weighted by molar-refractivity contribution is 6.07. The van der Waals surface area contributed by atoms with Gasteiger partial charge in [0.2, 0.25) is 6.41 Å². The second kappa shape index (κ2) is 6.61. The van der Waals surface area contributed by atoms with Gasteiger partial charge in [0.05, 0.1) is 5.54 Å². The molecule has 1 aliphatic carbocycles. The number of benzene rings is 1. The summed E-state index contributed by atoms with van der Waals surface area (Å²) in [5, 5.41) is 8.19. The van der Waals surface area contributed by atoms with Gasteiger partial charge in [0.25, 0.3) is 5.91 Å². The Morgan fingerprint density at radius 3 is 2.64 bits per heavy atom. The quantitative estimate of drug-likeness (QED) is 0.544. The number of amides is 6. The second-order valence-corrected chi connectivity index (χ2v) is 7.81. The van der Waals surface area contributed by atoms with E-state index >= 15 is 0 Å². The normalized spacial score (nSPS) is 29.6. The molecule has 8 nitrogen and oxygen atoms in total. The fourth-order valence-corrected chi connectivity index (χ4v) is 4.80. The first-order chi connectivity index (χ1) is 13.4. The number of imide groups is 2. The lowest BCUT2D eigenvalue weighted by Gasteiger charge is -2.36. The van der Waals surface area contributed by atoms with Crippen LogP contribution in [0.25, 0.3) is 0 Å². The predicted octanol–water partition coefficient (Wildman–Crippen LogP) is 1.62. The van der Waals surface area contributed by atoms with E-state index in [4.69, 9.17) is 0 Å². The molecule has 0 aromatic heterocycles. The van der Waals surface area contributed by atoms with Crippen LogP contribution in [0.15, 0.2) is 18.2 Å². The summed E-state index contributed by atoms with van der Waals surface area (Å²) in [7, 11) is 0. The zero-order valence-corrected chi connectivity index (χ0v) is 15.8. The summed E-state index contributed by atoms with van der Waals surface area (Å²) in [6, 6.07) is 4.95. The molecule has 2 heterocycles. The first-order valence-corrected chi connectivity index (χ1v) is 9.76. The van der Waals surface area contributed by atoms with Gasteiger partial charge < -0.3 is 10.6 Å². The minimum atomic E-state index is -1.06. The maximum absolute atomic E-state index is 12.5. The van der Waals surface area contributed by atoms with Crippen molar-refractivity contribution in [3.8, 4) is 0 Å². The van der Waals surface area contributed by atoms with Crippen LogP contribution in [0.4, 0.5) is 9.59 Å². The second-order valence-electron chi connectivity index (χ2n) is 7.81. The fraction of sp³-hybridized carbons (Fsp3) is 0.500. The molecule has 6 amide bonds. The van der Waals surface area contributed by atoms with Crippen LogP contribution < -0.4 is 16.0 Å². The number of urea groups is 2. The van der Waals surface area contributed by atoms with E-state index in [0.717, 1.165) is 48.8 Å². The van der Waals surface area contributed by atoms with Gasteiger partial charge in [-0.15, -0.1) is 0 Å². The number of carbonyl (C=O) groups is 4. The molecule has 1 spiro atoms. The van der Waals surface area contributed by atoms with Crippen molar-refractivity contribution >= 4 is 24.4 Å². The molecule has 1 aromatic carbocycles. The fourth-order valence-electron chi connectivity index (χ4n) is 4.80. The molecule has 1 aromatic rings. The van der Waals surface area contributed by atoms with Crippen molar-refractivity contribution in [3.63, 3.8) is 0 Å². The topological polar surface area (TPSA) is 108 Å². The number of aryl methyl sites for hydroxylation is 1. The smallest absolute Gasteiger partial charge is 0.324 e. The maximum atomic E-state index is 12.5. The van der Waals surface area contributed by atoms with Gasteiger partial charge in [0, 0.05) is 6.54 Å². The lowest BCUT2D eigenvalue weighted by Crippen LogP contribution is -2.51. The Kier molecular flexibility index (Phi) is 4.36. The van der Waals surface area contributed by atoms with Gasteiger partial charge in [-0.1, -0.05) is 25.1 Å². The number of rotatable bonds is 3. The Morgan fingerprint density at radius 1 is 1.14 bits per heavy atom. The first-order valence-electron chi connectivity index (χ1n) is 9.76. The third kappa shape index (κ3) is 2.66. The molecule has 2 fully saturated rings. The molecule has 4 rings (SSSR count). The number of hydrogen-bond acceptors (Lipinski definition) is 4. The molecule has 8 heteroatoms. The van der Waals surface area contributed by atoms with Crippen molar-refractivity contribution in [1.29, 1.82) is 0 Å². The van der Waals surface area contributed by atoms with E-state index in [0.29, 0.717) is 19.4 Å². The summed E-state index contributed by atoms with van der Waals surface area (Å²) < 4.78 is 0. The third-order valence-electron chi connectivity index (χ3n) is 6.39. The van der Waals surface area contributed by atoms with E-state index in [-0.39, 0.29) is 11.9 Å². The van der Waals surface area contributed by atoms with E-state index in [2.05, 4.69) is 16.0 Å². The lowest BCUT2D eigenvalue weighted by molar-refractivity contribution is -0.124. The SMILES string of the molecule is CCC1(c2ccc3c(c2)CCC32CCCCN(C=O)C(=O)N2)NC(=O)NC1=O. The third-order valence-corrected chi connectivity index (χ3v) is 6.39.